The molecule has 46 heavy (non-hydrogen) atoms. The Kier molecular flexibility index (Phi) is 9.09. The number of fused-ring (bicyclic) bond motifs is 1. The van der Waals surface area contributed by atoms with Crippen molar-refractivity contribution in [2.24, 2.45) is 0 Å². The van der Waals surface area contributed by atoms with Gasteiger partial charge >= 0.3 is 0 Å². The summed E-state index contributed by atoms with van der Waals surface area (Å²) in [5, 5.41) is 7.58. The summed E-state index contributed by atoms with van der Waals surface area (Å²) in [5.74, 6) is 0.0282. The van der Waals surface area contributed by atoms with Crippen LogP contribution in [0.3, 0.4) is 0 Å². The van der Waals surface area contributed by atoms with Gasteiger partial charge in [0.05, 0.1) is 22.7 Å². The maximum absolute atomic E-state index is 15.2. The molecule has 2 aromatic heterocycles. The van der Waals surface area contributed by atoms with Gasteiger partial charge < -0.3 is 15.4 Å². The fourth-order valence-electron chi connectivity index (χ4n) is 5.49. The molecule has 12 heteroatoms. The van der Waals surface area contributed by atoms with Gasteiger partial charge in [-0.2, -0.15) is 0 Å². The quantitative estimate of drug-likeness (QED) is 0.148. The van der Waals surface area contributed by atoms with Crippen LogP contribution in [-0.4, -0.2) is 42.5 Å². The lowest BCUT2D eigenvalue weighted by Gasteiger charge is -2.23. The van der Waals surface area contributed by atoms with Crippen LogP contribution in [0.25, 0.3) is 22.0 Å². The van der Waals surface area contributed by atoms with Crippen molar-refractivity contribution in [3.05, 3.63) is 102 Å². The third-order valence-corrected chi connectivity index (χ3v) is 9.11. The molecule has 1 aliphatic heterocycles. The van der Waals surface area contributed by atoms with Crippen LogP contribution in [0.15, 0.2) is 79.1 Å². The molecule has 3 aromatic carbocycles. The number of nitrogens with one attached hydrogen (secondary N) is 3. The summed E-state index contributed by atoms with van der Waals surface area (Å²) in [4.78, 5) is 13.6. The van der Waals surface area contributed by atoms with Crippen LogP contribution in [0.5, 0.6) is 11.6 Å². The number of pyridine rings is 1. The molecule has 2 atom stereocenters. The van der Waals surface area contributed by atoms with Crippen molar-refractivity contribution in [3.63, 3.8) is 0 Å². The number of aryl methyl sites for hydroxylation is 1. The Morgan fingerprint density at radius 1 is 1.02 bits per heavy atom. The zero-order valence-electron chi connectivity index (χ0n) is 25.4. The molecule has 0 spiro atoms. The second-order valence-electron chi connectivity index (χ2n) is 11.4. The fraction of sp³-hybridized carbons (Fsp3) is 0.265. The molecule has 1 saturated heterocycles. The van der Waals surface area contributed by atoms with E-state index in [2.05, 4.69) is 25.3 Å². The number of ether oxygens (including phenoxy) is 1. The summed E-state index contributed by atoms with van der Waals surface area (Å²) in [6.45, 7) is 5.09. The molecule has 0 bridgehead atoms. The first-order chi connectivity index (χ1) is 22.2. The number of hydrogen-bond acceptors (Lipinski definition) is 8. The SMILES string of the molecule is Cc1ccc2c(NS(=O)(=O)Cc3ccc(C(C)F)cc3)c(F)ccc2c1Oc1ncccc1-c1ccnc(N[C@H]2CCCNC2)n1. The van der Waals surface area contributed by atoms with Crippen LogP contribution in [-0.2, 0) is 15.8 Å². The van der Waals surface area contributed by atoms with E-state index in [9.17, 15) is 12.8 Å². The van der Waals surface area contributed by atoms with E-state index in [-0.39, 0.29) is 17.6 Å². The van der Waals surface area contributed by atoms with Crippen LogP contribution in [0.2, 0.25) is 0 Å². The van der Waals surface area contributed by atoms with E-state index in [0.29, 0.717) is 44.9 Å². The monoisotopic (exact) mass is 644 g/mol. The molecular formula is C34H34F2N6O3S. The number of alkyl halides is 1. The third kappa shape index (κ3) is 7.08. The second-order valence-corrected chi connectivity index (χ2v) is 13.1. The minimum absolute atomic E-state index is 0.193. The lowest BCUT2D eigenvalue weighted by Crippen LogP contribution is -2.38. The number of nitrogens with zero attached hydrogens (tertiary/aromatic N) is 3. The number of benzene rings is 3. The van der Waals surface area contributed by atoms with Crippen molar-refractivity contribution in [2.45, 2.75) is 44.7 Å². The summed E-state index contributed by atoms with van der Waals surface area (Å²) < 4.78 is 64.0. The predicted octanol–water partition coefficient (Wildman–Crippen LogP) is 7.07. The Balaban J connectivity index is 1.30. The number of sulfonamides is 1. The molecule has 5 aromatic rings. The van der Waals surface area contributed by atoms with Gasteiger partial charge in [-0.05, 0) is 80.3 Å². The van der Waals surface area contributed by atoms with Crippen LogP contribution < -0.4 is 20.1 Å². The van der Waals surface area contributed by atoms with Crippen molar-refractivity contribution >= 4 is 32.4 Å². The molecule has 3 N–H and O–H groups in total. The number of aromatic nitrogens is 3. The molecule has 1 aliphatic rings. The highest BCUT2D eigenvalue weighted by Crippen LogP contribution is 2.40. The van der Waals surface area contributed by atoms with Crippen LogP contribution in [0, 0.1) is 12.7 Å². The maximum atomic E-state index is 15.2. The highest BCUT2D eigenvalue weighted by molar-refractivity contribution is 7.91. The van der Waals surface area contributed by atoms with Crippen molar-refractivity contribution in [3.8, 4) is 22.9 Å². The first-order valence-electron chi connectivity index (χ1n) is 15.1. The second kappa shape index (κ2) is 13.4. The average molecular weight is 645 g/mol. The summed E-state index contributed by atoms with van der Waals surface area (Å²) in [7, 11) is -4.04. The summed E-state index contributed by atoms with van der Waals surface area (Å²) in [6.07, 6.45) is 4.21. The van der Waals surface area contributed by atoms with E-state index in [1.54, 1.807) is 67.0 Å². The molecule has 1 unspecified atom stereocenters. The average Bonchev–Trinajstić information content (AvgIpc) is 3.04. The van der Waals surface area contributed by atoms with Crippen LogP contribution in [0.4, 0.5) is 20.4 Å². The van der Waals surface area contributed by atoms with E-state index in [0.717, 1.165) is 31.5 Å². The first kappa shape index (κ1) is 31.3. The van der Waals surface area contributed by atoms with Gasteiger partial charge in [-0.1, -0.05) is 36.4 Å². The van der Waals surface area contributed by atoms with Crippen LogP contribution in [0.1, 0.15) is 42.6 Å². The normalized spacial score (nSPS) is 15.8. The minimum atomic E-state index is -4.04. The fourth-order valence-corrected chi connectivity index (χ4v) is 6.71. The van der Waals surface area contributed by atoms with Crippen molar-refractivity contribution in [1.82, 2.24) is 20.3 Å². The largest absolute Gasteiger partial charge is 0.437 e. The van der Waals surface area contributed by atoms with E-state index in [1.165, 1.54) is 13.0 Å². The van der Waals surface area contributed by atoms with Crippen molar-refractivity contribution in [2.75, 3.05) is 23.1 Å². The highest BCUT2D eigenvalue weighted by atomic mass is 32.2. The molecule has 0 saturated carbocycles. The third-order valence-electron chi connectivity index (χ3n) is 7.88. The van der Waals surface area contributed by atoms with Gasteiger partial charge in [0.25, 0.3) is 0 Å². The van der Waals surface area contributed by atoms with E-state index < -0.39 is 27.8 Å². The van der Waals surface area contributed by atoms with Crippen molar-refractivity contribution < 1.29 is 21.9 Å². The Morgan fingerprint density at radius 3 is 2.59 bits per heavy atom. The minimum Gasteiger partial charge on any atom is -0.437 e. The maximum Gasteiger partial charge on any atom is 0.237 e. The molecule has 238 valence electrons. The van der Waals surface area contributed by atoms with Gasteiger partial charge in [-0.3, -0.25) is 4.72 Å². The number of piperidine rings is 1. The van der Waals surface area contributed by atoms with E-state index in [4.69, 9.17) is 9.72 Å². The molecular weight excluding hydrogens is 610 g/mol. The Bertz CT molecular complexity index is 1970. The van der Waals surface area contributed by atoms with Gasteiger partial charge in [-0.25, -0.2) is 32.2 Å². The lowest BCUT2D eigenvalue weighted by atomic mass is 10.0. The molecule has 0 amide bonds. The Morgan fingerprint density at radius 2 is 1.83 bits per heavy atom. The number of halogens is 2. The molecule has 1 fully saturated rings. The number of rotatable bonds is 10. The first-order valence-corrected chi connectivity index (χ1v) is 16.7. The lowest BCUT2D eigenvalue weighted by molar-refractivity contribution is 0.374. The van der Waals surface area contributed by atoms with Gasteiger partial charge in [0.15, 0.2) is 0 Å². The predicted molar refractivity (Wildman–Crippen MR) is 176 cm³/mol. The molecule has 0 aliphatic carbocycles. The van der Waals surface area contributed by atoms with Gasteiger partial charge in [-0.15, -0.1) is 0 Å². The van der Waals surface area contributed by atoms with Gasteiger partial charge in [0, 0.05) is 35.8 Å². The van der Waals surface area contributed by atoms with Crippen molar-refractivity contribution in [1.29, 1.82) is 0 Å². The van der Waals surface area contributed by atoms with Crippen LogP contribution >= 0.6 is 0 Å². The highest BCUT2D eigenvalue weighted by Gasteiger charge is 2.21. The molecule has 9 nitrogen and oxygen atoms in total. The smallest absolute Gasteiger partial charge is 0.237 e. The molecule has 0 radical (unpaired) electrons. The summed E-state index contributed by atoms with van der Waals surface area (Å²) in [5.41, 5.74) is 2.67. The standard InChI is InChI=1S/C34H34F2N6O3S/c1-21-7-12-26-27(13-14-29(36)31(26)42-46(43,44)20-23-8-10-24(11-9-23)22(2)35)32(21)45-33-28(6-4-17-38-33)30-15-18-39-34(41-30)40-25-5-3-16-37-19-25/h4,6-15,17-18,22,25,37,42H,3,5,16,19-20H2,1-2H3,(H,39,40,41)/t22?,25-/m0/s1. The Hall–Kier alpha value is -4.68. The topological polar surface area (TPSA) is 118 Å². The summed E-state index contributed by atoms with van der Waals surface area (Å²) >= 11 is 0. The molecule has 6 rings (SSSR count). The molecule has 3 heterocycles. The zero-order chi connectivity index (χ0) is 32.3. The number of anilines is 2. The summed E-state index contributed by atoms with van der Waals surface area (Å²) in [6, 6.07) is 17.9. The van der Waals surface area contributed by atoms with Gasteiger partial charge in [0.1, 0.15) is 17.7 Å². The van der Waals surface area contributed by atoms with Gasteiger partial charge in [0.2, 0.25) is 21.9 Å². The van der Waals surface area contributed by atoms with E-state index >= 15 is 4.39 Å². The zero-order valence-corrected chi connectivity index (χ0v) is 26.2. The van der Waals surface area contributed by atoms with E-state index in [1.807, 2.05) is 13.0 Å². The number of hydrogen-bond donors (Lipinski definition) is 3. The Labute approximate surface area is 266 Å².